The summed E-state index contributed by atoms with van der Waals surface area (Å²) in [6.07, 6.45) is 10.4. The van der Waals surface area contributed by atoms with Gasteiger partial charge in [-0.1, -0.05) is 75.8 Å². The zero-order valence-corrected chi connectivity index (χ0v) is 20.8. The van der Waals surface area contributed by atoms with E-state index in [9.17, 15) is 17.6 Å². The summed E-state index contributed by atoms with van der Waals surface area (Å²) >= 11 is 0. The summed E-state index contributed by atoms with van der Waals surface area (Å²) in [6.45, 7) is 0.774. The van der Waals surface area contributed by atoms with E-state index in [4.69, 9.17) is 0 Å². The van der Waals surface area contributed by atoms with Crippen LogP contribution in [0.4, 0.5) is 17.6 Å². The molecule has 0 saturated heterocycles. The first-order valence-corrected chi connectivity index (χ1v) is 13.4. The molecule has 5 heteroatoms. The van der Waals surface area contributed by atoms with Gasteiger partial charge in [-0.3, -0.25) is 0 Å². The van der Waals surface area contributed by atoms with E-state index in [1.807, 2.05) is 12.1 Å². The third kappa shape index (κ3) is 7.24. The molecule has 0 spiro atoms. The first-order chi connectivity index (χ1) is 16.8. The Hall–Kier alpha value is -2.04. The molecule has 0 aromatic heterocycles. The van der Waals surface area contributed by atoms with Crippen LogP contribution in [0.2, 0.25) is 0 Å². The standard InChI is InChI=1S/C30H38F4O/c1-2-3-4-5-6-21-7-8-26-18-25(14-13-24(26)17-21)22-9-11-23(12-10-22)27-15-16-29(28(31)19-27)35-20-30(32,33)34/h9-12,15-16,19,21,24-26H,2-8,13-14,17-18,20H2,1H3/t21?,24-,25-,26-/m1/s1. The minimum atomic E-state index is -4.49. The van der Waals surface area contributed by atoms with Gasteiger partial charge in [0.15, 0.2) is 18.2 Å². The van der Waals surface area contributed by atoms with Crippen molar-refractivity contribution in [3.63, 3.8) is 0 Å². The second-order valence-corrected chi connectivity index (χ2v) is 10.7. The third-order valence-corrected chi connectivity index (χ3v) is 8.23. The maximum atomic E-state index is 14.3. The van der Waals surface area contributed by atoms with Crippen LogP contribution in [0.3, 0.4) is 0 Å². The van der Waals surface area contributed by atoms with E-state index in [2.05, 4.69) is 23.8 Å². The number of hydrogen-bond donors (Lipinski definition) is 0. The lowest BCUT2D eigenvalue weighted by molar-refractivity contribution is -0.153. The average molecular weight is 491 g/mol. The van der Waals surface area contributed by atoms with Gasteiger partial charge in [0.2, 0.25) is 0 Å². The van der Waals surface area contributed by atoms with Crippen molar-refractivity contribution in [3.05, 3.63) is 53.8 Å². The van der Waals surface area contributed by atoms with Gasteiger partial charge in [-0.25, -0.2) is 4.39 Å². The van der Waals surface area contributed by atoms with Gasteiger partial charge in [0.25, 0.3) is 0 Å². The molecular formula is C30H38F4O. The van der Waals surface area contributed by atoms with Crippen LogP contribution in [0.15, 0.2) is 42.5 Å². The van der Waals surface area contributed by atoms with Crippen LogP contribution in [0, 0.1) is 23.6 Å². The highest BCUT2D eigenvalue weighted by molar-refractivity contribution is 5.64. The molecule has 1 nitrogen and oxygen atoms in total. The molecule has 4 rings (SSSR count). The molecule has 2 aliphatic rings. The second-order valence-electron chi connectivity index (χ2n) is 10.7. The van der Waals surface area contributed by atoms with Crippen LogP contribution >= 0.6 is 0 Å². The van der Waals surface area contributed by atoms with E-state index in [0.717, 1.165) is 23.3 Å². The predicted octanol–water partition coefficient (Wildman–Crippen LogP) is 9.70. The Bertz CT molecular complexity index is 936. The average Bonchev–Trinajstić information content (AvgIpc) is 2.85. The zero-order chi connectivity index (χ0) is 24.8. The topological polar surface area (TPSA) is 9.23 Å². The molecule has 0 bridgehead atoms. The number of alkyl halides is 3. The molecule has 0 heterocycles. The number of hydrogen-bond acceptors (Lipinski definition) is 1. The molecule has 0 aliphatic heterocycles. The normalized spacial score (nSPS) is 24.7. The summed E-state index contributed by atoms with van der Waals surface area (Å²) in [4.78, 5) is 0. The van der Waals surface area contributed by atoms with Gasteiger partial charge in [0.1, 0.15) is 0 Å². The summed E-state index contributed by atoms with van der Waals surface area (Å²) in [5.41, 5.74) is 2.83. The van der Waals surface area contributed by atoms with Crippen molar-refractivity contribution in [1.29, 1.82) is 0 Å². The minimum absolute atomic E-state index is 0.380. The molecule has 2 aromatic carbocycles. The summed E-state index contributed by atoms with van der Waals surface area (Å²) < 4.78 is 55.9. The Morgan fingerprint density at radius 3 is 2.26 bits per heavy atom. The van der Waals surface area contributed by atoms with Crippen molar-refractivity contribution in [2.24, 2.45) is 17.8 Å². The van der Waals surface area contributed by atoms with Crippen molar-refractivity contribution >= 4 is 0 Å². The van der Waals surface area contributed by atoms with Crippen LogP contribution < -0.4 is 4.74 Å². The quantitative estimate of drug-likeness (QED) is 0.251. The predicted molar refractivity (Wildman–Crippen MR) is 133 cm³/mol. The van der Waals surface area contributed by atoms with Gasteiger partial charge >= 0.3 is 6.18 Å². The Morgan fingerprint density at radius 1 is 0.829 bits per heavy atom. The molecule has 0 N–H and O–H groups in total. The Kier molecular flexibility index (Phi) is 8.77. The molecule has 0 radical (unpaired) electrons. The first kappa shape index (κ1) is 26.0. The molecule has 192 valence electrons. The van der Waals surface area contributed by atoms with E-state index in [0.29, 0.717) is 11.5 Å². The van der Waals surface area contributed by atoms with Gasteiger partial charge in [-0.05, 0) is 84.6 Å². The number of ether oxygens (including phenoxy) is 1. The van der Waals surface area contributed by atoms with Crippen LogP contribution in [-0.2, 0) is 0 Å². The van der Waals surface area contributed by atoms with Crippen molar-refractivity contribution in [2.75, 3.05) is 6.61 Å². The number of rotatable bonds is 9. The number of halogens is 4. The highest BCUT2D eigenvalue weighted by Gasteiger charge is 2.35. The molecule has 0 amide bonds. The minimum Gasteiger partial charge on any atom is -0.481 e. The molecule has 2 aromatic rings. The fraction of sp³-hybridized carbons (Fsp3) is 0.600. The van der Waals surface area contributed by atoms with Crippen LogP contribution in [0.5, 0.6) is 5.75 Å². The molecular weight excluding hydrogens is 452 g/mol. The van der Waals surface area contributed by atoms with E-state index >= 15 is 0 Å². The van der Waals surface area contributed by atoms with Gasteiger partial charge in [0, 0.05) is 0 Å². The van der Waals surface area contributed by atoms with E-state index in [-0.39, 0.29) is 5.75 Å². The number of fused-ring (bicyclic) bond motifs is 1. The van der Waals surface area contributed by atoms with E-state index in [1.54, 1.807) is 6.07 Å². The molecule has 2 saturated carbocycles. The summed E-state index contributed by atoms with van der Waals surface area (Å²) in [5.74, 6) is 2.11. The number of unbranched alkanes of at least 4 members (excludes halogenated alkanes) is 3. The van der Waals surface area contributed by atoms with Gasteiger partial charge in [-0.15, -0.1) is 0 Å². The lowest BCUT2D eigenvalue weighted by Gasteiger charge is -2.42. The summed E-state index contributed by atoms with van der Waals surface area (Å²) in [5, 5.41) is 0. The molecule has 1 unspecified atom stereocenters. The Morgan fingerprint density at radius 2 is 1.54 bits per heavy atom. The zero-order valence-electron chi connectivity index (χ0n) is 20.8. The highest BCUT2D eigenvalue weighted by Crippen LogP contribution is 2.48. The molecule has 35 heavy (non-hydrogen) atoms. The summed E-state index contributed by atoms with van der Waals surface area (Å²) in [7, 11) is 0. The molecule has 2 fully saturated rings. The highest BCUT2D eigenvalue weighted by atomic mass is 19.4. The van der Waals surface area contributed by atoms with Crippen molar-refractivity contribution in [1.82, 2.24) is 0 Å². The molecule has 4 atom stereocenters. The smallest absolute Gasteiger partial charge is 0.422 e. The van der Waals surface area contributed by atoms with Gasteiger partial charge in [-0.2, -0.15) is 13.2 Å². The summed E-state index contributed by atoms with van der Waals surface area (Å²) in [6, 6.07) is 12.4. The Labute approximate surface area is 207 Å². The SMILES string of the molecule is CCCCCCC1CC[C@@H]2C[C@H](c3ccc(-c4ccc(OCC(F)(F)F)c(F)c4)cc3)CC[C@@H]2C1. The van der Waals surface area contributed by atoms with Crippen molar-refractivity contribution in [3.8, 4) is 16.9 Å². The van der Waals surface area contributed by atoms with E-state index in [1.165, 1.54) is 88.3 Å². The second kappa shape index (κ2) is 11.8. The first-order valence-electron chi connectivity index (χ1n) is 13.4. The van der Waals surface area contributed by atoms with Crippen LogP contribution in [-0.4, -0.2) is 12.8 Å². The lowest BCUT2D eigenvalue weighted by atomic mass is 9.63. The fourth-order valence-corrected chi connectivity index (χ4v) is 6.32. The van der Waals surface area contributed by atoms with E-state index < -0.39 is 18.6 Å². The lowest BCUT2D eigenvalue weighted by Crippen LogP contribution is -2.30. The van der Waals surface area contributed by atoms with Crippen LogP contribution in [0.25, 0.3) is 11.1 Å². The van der Waals surface area contributed by atoms with Crippen molar-refractivity contribution in [2.45, 2.75) is 89.6 Å². The largest absolute Gasteiger partial charge is 0.481 e. The van der Waals surface area contributed by atoms with Gasteiger partial charge < -0.3 is 4.74 Å². The van der Waals surface area contributed by atoms with Gasteiger partial charge in [0.05, 0.1) is 0 Å². The van der Waals surface area contributed by atoms with Crippen LogP contribution in [0.1, 0.15) is 89.0 Å². The Balaban J connectivity index is 1.31. The maximum Gasteiger partial charge on any atom is 0.422 e. The van der Waals surface area contributed by atoms with Crippen molar-refractivity contribution < 1.29 is 22.3 Å². The third-order valence-electron chi connectivity index (χ3n) is 8.23. The maximum absolute atomic E-state index is 14.3. The molecule has 2 aliphatic carbocycles. The monoisotopic (exact) mass is 490 g/mol. The number of benzene rings is 2. The fourth-order valence-electron chi connectivity index (χ4n) is 6.32.